The van der Waals surface area contributed by atoms with Crippen LogP contribution in [0, 0.1) is 5.92 Å². The number of rotatable bonds is 6. The van der Waals surface area contributed by atoms with E-state index in [2.05, 4.69) is 19.2 Å². The van der Waals surface area contributed by atoms with E-state index in [0.29, 0.717) is 18.9 Å². The molecule has 114 valence electrons. The molecule has 1 aromatic carbocycles. The second-order valence-corrected chi connectivity index (χ2v) is 5.71. The highest BCUT2D eigenvalue weighted by atomic mass is 16.2. The summed E-state index contributed by atoms with van der Waals surface area (Å²) in [5.74, 6) is 0.462. The molecule has 21 heavy (non-hydrogen) atoms. The highest BCUT2D eigenvalue weighted by Gasteiger charge is 2.33. The molecule has 1 saturated heterocycles. The van der Waals surface area contributed by atoms with Crippen molar-refractivity contribution in [2.45, 2.75) is 39.2 Å². The first kappa shape index (κ1) is 15.5. The average molecular weight is 288 g/mol. The minimum atomic E-state index is -0.428. The molecule has 0 aliphatic carbocycles. The molecule has 1 aliphatic heterocycles. The molecule has 1 aromatic rings. The van der Waals surface area contributed by atoms with Crippen molar-refractivity contribution in [2.24, 2.45) is 5.92 Å². The lowest BCUT2D eigenvalue weighted by Crippen LogP contribution is -2.59. The number of carbonyl (C=O) groups is 2. The van der Waals surface area contributed by atoms with Gasteiger partial charge in [0.25, 0.3) is 0 Å². The first-order chi connectivity index (χ1) is 10.1. The van der Waals surface area contributed by atoms with Crippen LogP contribution in [-0.4, -0.2) is 35.8 Å². The van der Waals surface area contributed by atoms with Gasteiger partial charge in [-0.3, -0.25) is 9.59 Å². The zero-order valence-corrected chi connectivity index (χ0v) is 12.8. The molecule has 2 amide bonds. The monoisotopic (exact) mass is 288 g/mol. The van der Waals surface area contributed by atoms with E-state index in [1.165, 1.54) is 0 Å². The number of piperazine rings is 1. The maximum absolute atomic E-state index is 12.6. The molecule has 0 saturated carbocycles. The SMILES string of the molecule is CCC(CC)CN1CC(=O)NC(Cc2ccccc2)C1=O. The third-order valence-electron chi connectivity index (χ3n) is 4.20. The van der Waals surface area contributed by atoms with Gasteiger partial charge in [0.15, 0.2) is 0 Å². The molecule has 1 atom stereocenters. The van der Waals surface area contributed by atoms with Crippen molar-refractivity contribution in [1.82, 2.24) is 10.2 Å². The number of carbonyl (C=O) groups excluding carboxylic acids is 2. The molecular formula is C17H24N2O2. The first-order valence-corrected chi connectivity index (χ1v) is 7.76. The maximum atomic E-state index is 12.6. The summed E-state index contributed by atoms with van der Waals surface area (Å²) < 4.78 is 0. The third-order valence-corrected chi connectivity index (χ3v) is 4.20. The van der Waals surface area contributed by atoms with Crippen LogP contribution in [-0.2, 0) is 16.0 Å². The van der Waals surface area contributed by atoms with Gasteiger partial charge in [0.1, 0.15) is 6.04 Å². The van der Waals surface area contributed by atoms with E-state index in [1.54, 1.807) is 4.90 Å². The summed E-state index contributed by atoms with van der Waals surface area (Å²) in [6.07, 6.45) is 2.63. The first-order valence-electron chi connectivity index (χ1n) is 7.76. The Morgan fingerprint density at radius 3 is 2.48 bits per heavy atom. The standard InChI is InChI=1S/C17H24N2O2/c1-3-13(4-2)11-19-12-16(20)18-15(17(19)21)10-14-8-6-5-7-9-14/h5-9,13,15H,3-4,10-12H2,1-2H3,(H,18,20). The van der Waals surface area contributed by atoms with Gasteiger partial charge in [-0.05, 0) is 11.5 Å². The predicted molar refractivity (Wildman–Crippen MR) is 82.7 cm³/mol. The van der Waals surface area contributed by atoms with Gasteiger partial charge in [-0.1, -0.05) is 57.0 Å². The van der Waals surface area contributed by atoms with E-state index in [-0.39, 0.29) is 18.4 Å². The maximum Gasteiger partial charge on any atom is 0.245 e. The molecule has 2 rings (SSSR count). The molecule has 0 aromatic heterocycles. The minimum Gasteiger partial charge on any atom is -0.342 e. The van der Waals surface area contributed by atoms with E-state index in [4.69, 9.17) is 0 Å². The second-order valence-electron chi connectivity index (χ2n) is 5.71. The Kier molecular flexibility index (Phi) is 5.37. The largest absolute Gasteiger partial charge is 0.342 e. The lowest BCUT2D eigenvalue weighted by molar-refractivity contribution is -0.144. The summed E-state index contributed by atoms with van der Waals surface area (Å²) in [5.41, 5.74) is 1.07. The van der Waals surface area contributed by atoms with Crippen LogP contribution in [0.1, 0.15) is 32.3 Å². The van der Waals surface area contributed by atoms with E-state index < -0.39 is 6.04 Å². The van der Waals surface area contributed by atoms with Gasteiger partial charge in [0.2, 0.25) is 11.8 Å². The normalized spacial score (nSPS) is 19.0. The molecular weight excluding hydrogens is 264 g/mol. The Morgan fingerprint density at radius 2 is 1.86 bits per heavy atom. The number of nitrogens with zero attached hydrogens (tertiary/aromatic N) is 1. The second kappa shape index (κ2) is 7.25. The van der Waals surface area contributed by atoms with Crippen LogP contribution in [0.25, 0.3) is 0 Å². The Hall–Kier alpha value is -1.84. The van der Waals surface area contributed by atoms with Crippen LogP contribution in [0.5, 0.6) is 0 Å². The van der Waals surface area contributed by atoms with Crippen LogP contribution in [0.3, 0.4) is 0 Å². The van der Waals surface area contributed by atoms with Gasteiger partial charge < -0.3 is 10.2 Å². The smallest absolute Gasteiger partial charge is 0.245 e. The molecule has 0 bridgehead atoms. The molecule has 4 nitrogen and oxygen atoms in total. The summed E-state index contributed by atoms with van der Waals surface area (Å²) in [6.45, 7) is 5.14. The van der Waals surface area contributed by atoms with Gasteiger partial charge in [0.05, 0.1) is 6.54 Å². The van der Waals surface area contributed by atoms with Crippen LogP contribution < -0.4 is 5.32 Å². The van der Waals surface area contributed by atoms with E-state index in [0.717, 1.165) is 18.4 Å². The quantitative estimate of drug-likeness (QED) is 0.870. The number of benzene rings is 1. The van der Waals surface area contributed by atoms with Crippen LogP contribution in [0.4, 0.5) is 0 Å². The topological polar surface area (TPSA) is 49.4 Å². The lowest BCUT2D eigenvalue weighted by atomic mass is 9.99. The molecule has 0 spiro atoms. The summed E-state index contributed by atoms with van der Waals surface area (Å²) in [5, 5.41) is 2.82. The van der Waals surface area contributed by atoms with Crippen molar-refractivity contribution >= 4 is 11.8 Å². The third kappa shape index (κ3) is 4.06. The highest BCUT2D eigenvalue weighted by Crippen LogP contribution is 2.14. The average Bonchev–Trinajstić information content (AvgIpc) is 2.50. The summed E-state index contributed by atoms with van der Waals surface area (Å²) >= 11 is 0. The van der Waals surface area contributed by atoms with Gasteiger partial charge in [-0.15, -0.1) is 0 Å². The summed E-state index contributed by atoms with van der Waals surface area (Å²) in [4.78, 5) is 26.2. The molecule has 0 radical (unpaired) electrons. The molecule has 1 unspecified atom stereocenters. The molecule has 1 N–H and O–H groups in total. The van der Waals surface area contributed by atoms with Crippen molar-refractivity contribution in [2.75, 3.05) is 13.1 Å². The van der Waals surface area contributed by atoms with Gasteiger partial charge >= 0.3 is 0 Å². The van der Waals surface area contributed by atoms with Crippen molar-refractivity contribution in [3.05, 3.63) is 35.9 Å². The highest BCUT2D eigenvalue weighted by molar-refractivity contribution is 5.95. The predicted octanol–water partition coefficient (Wildman–Crippen LogP) is 1.99. The van der Waals surface area contributed by atoms with Crippen LogP contribution >= 0.6 is 0 Å². The fourth-order valence-electron chi connectivity index (χ4n) is 2.77. The van der Waals surface area contributed by atoms with E-state index in [9.17, 15) is 9.59 Å². The van der Waals surface area contributed by atoms with Gasteiger partial charge in [-0.2, -0.15) is 0 Å². The van der Waals surface area contributed by atoms with Crippen LogP contribution in [0.2, 0.25) is 0 Å². The van der Waals surface area contributed by atoms with Crippen molar-refractivity contribution in [3.63, 3.8) is 0 Å². The van der Waals surface area contributed by atoms with Gasteiger partial charge in [-0.25, -0.2) is 0 Å². The van der Waals surface area contributed by atoms with Crippen molar-refractivity contribution in [3.8, 4) is 0 Å². The van der Waals surface area contributed by atoms with E-state index >= 15 is 0 Å². The van der Waals surface area contributed by atoms with Gasteiger partial charge in [0, 0.05) is 13.0 Å². The zero-order valence-electron chi connectivity index (χ0n) is 12.8. The van der Waals surface area contributed by atoms with E-state index in [1.807, 2.05) is 30.3 Å². The number of amides is 2. The Bertz CT molecular complexity index is 483. The fraction of sp³-hybridized carbons (Fsp3) is 0.529. The van der Waals surface area contributed by atoms with Crippen molar-refractivity contribution < 1.29 is 9.59 Å². The summed E-state index contributed by atoms with van der Waals surface area (Å²) in [6, 6.07) is 9.39. The van der Waals surface area contributed by atoms with Crippen LogP contribution in [0.15, 0.2) is 30.3 Å². The lowest BCUT2D eigenvalue weighted by Gasteiger charge is -2.34. The molecule has 1 aliphatic rings. The number of hydrogen-bond acceptors (Lipinski definition) is 2. The minimum absolute atomic E-state index is 0.0466. The molecule has 1 heterocycles. The Labute approximate surface area is 126 Å². The zero-order chi connectivity index (χ0) is 15.2. The molecule has 4 heteroatoms. The fourth-order valence-corrected chi connectivity index (χ4v) is 2.77. The Morgan fingerprint density at radius 1 is 1.19 bits per heavy atom. The van der Waals surface area contributed by atoms with Crippen molar-refractivity contribution in [1.29, 1.82) is 0 Å². The number of hydrogen-bond donors (Lipinski definition) is 1. The number of nitrogens with one attached hydrogen (secondary N) is 1. The summed E-state index contributed by atoms with van der Waals surface area (Å²) in [7, 11) is 0. The Balaban J connectivity index is 2.05. The molecule has 1 fully saturated rings.